The van der Waals surface area contributed by atoms with Crippen molar-refractivity contribution in [2.24, 2.45) is 0 Å². The lowest BCUT2D eigenvalue weighted by molar-refractivity contribution is -0.108. The largest absolute Gasteiger partial charge is 0.385 e. The second-order valence-corrected chi connectivity index (χ2v) is 18.1. The fraction of sp³-hybridized carbons (Fsp3) is 0.381. The lowest BCUT2D eigenvalue weighted by Crippen LogP contribution is -2.72. The highest BCUT2D eigenvalue weighted by Crippen LogP contribution is 2.36. The maximum atomic E-state index is 14.6. The van der Waals surface area contributed by atoms with E-state index in [2.05, 4.69) is 21.3 Å². The van der Waals surface area contributed by atoms with E-state index in [0.29, 0.717) is 7.14 Å². The van der Waals surface area contributed by atoms with E-state index in [-0.39, 0.29) is 60.8 Å². The first-order chi connectivity index (χ1) is 28.6. The first kappa shape index (κ1) is 44.4. The van der Waals surface area contributed by atoms with E-state index < -0.39 is 69.3 Å². The highest BCUT2D eigenvalue weighted by atomic mass is 127. The van der Waals surface area contributed by atoms with E-state index >= 15 is 0 Å². The van der Waals surface area contributed by atoms with Gasteiger partial charge in [0.1, 0.15) is 22.8 Å². The summed E-state index contributed by atoms with van der Waals surface area (Å²) in [6, 6.07) is 12.4. The third kappa shape index (κ3) is 9.37. The Labute approximate surface area is 369 Å². The van der Waals surface area contributed by atoms with Gasteiger partial charge in [-0.1, -0.05) is 12.8 Å². The minimum Gasteiger partial charge on any atom is -0.385 e. The standard InChI is InChI=1S/2C21H21F3IN3O2/c2*22-14-6-5-13(19(18(14)24)27-16-7-4-12(25)9-15(16)23)20(29)28-10-21(30,11-28)17-3-1-2-8-26-17/h2*4-7,9,17,26-27,30H,1-3,8,10-11H2/t2*17-/m00/s1. The predicted molar refractivity (Wildman–Crippen MR) is 231 cm³/mol. The van der Waals surface area contributed by atoms with Crippen LogP contribution in [0.2, 0.25) is 0 Å². The highest BCUT2D eigenvalue weighted by Gasteiger charge is 2.51. The molecule has 0 saturated carbocycles. The Bertz CT molecular complexity index is 2110. The Morgan fingerprint density at radius 3 is 1.30 bits per heavy atom. The zero-order chi connectivity index (χ0) is 42.9. The minimum atomic E-state index is -1.26. The number of nitrogens with zero attached hydrogens (tertiary/aromatic N) is 2. The molecular formula is C42H42F6I2N6O4. The van der Waals surface area contributed by atoms with E-state index in [1.54, 1.807) is 12.1 Å². The summed E-state index contributed by atoms with van der Waals surface area (Å²) in [7, 11) is 0. The summed E-state index contributed by atoms with van der Waals surface area (Å²) in [6.07, 6.45) is 5.76. The van der Waals surface area contributed by atoms with Gasteiger partial charge in [-0.05, 0) is 145 Å². The quantitative estimate of drug-likeness (QED) is 0.0789. The number of hydrogen-bond acceptors (Lipinski definition) is 8. The molecule has 4 aromatic rings. The van der Waals surface area contributed by atoms with E-state index in [1.807, 2.05) is 45.2 Å². The Hall–Kier alpha value is -3.70. The second kappa shape index (κ2) is 18.3. The van der Waals surface area contributed by atoms with Crippen LogP contribution in [0.5, 0.6) is 0 Å². The van der Waals surface area contributed by atoms with Crippen molar-refractivity contribution in [3.05, 3.63) is 114 Å². The first-order valence-electron chi connectivity index (χ1n) is 19.5. The van der Waals surface area contributed by atoms with Gasteiger partial charge in [-0.15, -0.1) is 0 Å². The van der Waals surface area contributed by atoms with Crippen LogP contribution in [0.4, 0.5) is 49.1 Å². The lowest BCUT2D eigenvalue weighted by atomic mass is 9.81. The molecule has 2 amide bonds. The number of carbonyl (C=O) groups is 2. The van der Waals surface area contributed by atoms with Gasteiger partial charge in [0.15, 0.2) is 23.3 Å². The van der Waals surface area contributed by atoms with Crippen molar-refractivity contribution in [3.8, 4) is 0 Å². The first-order valence-corrected chi connectivity index (χ1v) is 21.6. The summed E-state index contributed by atoms with van der Waals surface area (Å²) >= 11 is 3.87. The molecule has 0 unspecified atom stereocenters. The van der Waals surface area contributed by atoms with Gasteiger partial charge in [-0.3, -0.25) is 9.59 Å². The number of β-amino-alcohol motifs (C(OH)–C–C–N with tert-alkyl or cyclic N) is 2. The van der Waals surface area contributed by atoms with Crippen LogP contribution >= 0.6 is 45.2 Å². The number of hydrogen-bond donors (Lipinski definition) is 6. The Kier molecular flexibility index (Phi) is 13.6. The van der Waals surface area contributed by atoms with Gasteiger partial charge >= 0.3 is 0 Å². The van der Waals surface area contributed by atoms with E-state index in [0.717, 1.165) is 63.7 Å². The number of halogens is 8. The van der Waals surface area contributed by atoms with Gasteiger partial charge in [-0.25, -0.2) is 26.3 Å². The van der Waals surface area contributed by atoms with Crippen LogP contribution in [0.15, 0.2) is 60.7 Å². The zero-order valence-corrected chi connectivity index (χ0v) is 36.4. The molecule has 0 bridgehead atoms. The van der Waals surface area contributed by atoms with Crippen LogP contribution in [-0.4, -0.2) is 94.4 Å². The summed E-state index contributed by atoms with van der Waals surface area (Å²) in [6.45, 7) is 2.03. The van der Waals surface area contributed by atoms with Gasteiger partial charge in [0.25, 0.3) is 11.8 Å². The third-order valence-electron chi connectivity index (χ3n) is 11.4. The highest BCUT2D eigenvalue weighted by molar-refractivity contribution is 14.1. The molecule has 4 aliphatic heterocycles. The predicted octanol–water partition coefficient (Wildman–Crippen LogP) is 7.56. The maximum absolute atomic E-state index is 14.6. The van der Waals surface area contributed by atoms with Crippen LogP contribution in [0, 0.1) is 42.0 Å². The van der Waals surface area contributed by atoms with E-state index in [1.165, 1.54) is 46.2 Å². The third-order valence-corrected chi connectivity index (χ3v) is 12.7. The number of amides is 2. The lowest BCUT2D eigenvalue weighted by Gasteiger charge is -2.51. The number of benzene rings is 4. The molecule has 6 N–H and O–H groups in total. The maximum Gasteiger partial charge on any atom is 0.256 e. The molecule has 8 rings (SSSR count). The van der Waals surface area contributed by atoms with Gasteiger partial charge in [0, 0.05) is 19.2 Å². The van der Waals surface area contributed by atoms with E-state index in [4.69, 9.17) is 0 Å². The fourth-order valence-corrected chi connectivity index (χ4v) is 8.98. The smallest absolute Gasteiger partial charge is 0.256 e. The van der Waals surface area contributed by atoms with Crippen LogP contribution in [0.25, 0.3) is 0 Å². The van der Waals surface area contributed by atoms with Crippen molar-refractivity contribution in [2.75, 3.05) is 49.9 Å². The average Bonchev–Trinajstić information content (AvgIpc) is 3.21. The van der Waals surface area contributed by atoms with Crippen LogP contribution in [0.3, 0.4) is 0 Å². The molecule has 0 aliphatic carbocycles. The van der Waals surface area contributed by atoms with Gasteiger partial charge < -0.3 is 41.3 Å². The molecule has 0 aromatic heterocycles. The Balaban J connectivity index is 0.000000181. The number of likely N-dealkylation sites (tertiary alicyclic amines) is 2. The molecule has 4 fully saturated rings. The summed E-state index contributed by atoms with van der Waals surface area (Å²) in [4.78, 5) is 28.7. The topological polar surface area (TPSA) is 129 Å². The number of aliphatic hydroxyl groups is 2. The van der Waals surface area contributed by atoms with Crippen molar-refractivity contribution >= 4 is 79.7 Å². The second-order valence-electron chi connectivity index (χ2n) is 15.6. The molecule has 2 atom stereocenters. The van der Waals surface area contributed by atoms with Gasteiger partial charge in [0.05, 0.1) is 60.1 Å². The molecule has 320 valence electrons. The number of carbonyl (C=O) groups excluding carboxylic acids is 2. The van der Waals surface area contributed by atoms with Crippen LogP contribution in [0.1, 0.15) is 59.2 Å². The van der Waals surface area contributed by atoms with Crippen molar-refractivity contribution in [1.82, 2.24) is 20.4 Å². The molecule has 18 heteroatoms. The van der Waals surface area contributed by atoms with Crippen molar-refractivity contribution in [2.45, 2.75) is 61.8 Å². The summed E-state index contributed by atoms with van der Waals surface area (Å²) in [5.74, 6) is -7.22. The number of nitrogens with one attached hydrogen (secondary N) is 4. The molecule has 4 heterocycles. The molecule has 4 aromatic carbocycles. The molecule has 0 spiro atoms. The van der Waals surface area contributed by atoms with Crippen molar-refractivity contribution < 1.29 is 46.1 Å². The fourth-order valence-electron chi connectivity index (χ4n) is 8.07. The monoisotopic (exact) mass is 1060 g/mol. The molecule has 60 heavy (non-hydrogen) atoms. The van der Waals surface area contributed by atoms with Crippen molar-refractivity contribution in [1.29, 1.82) is 0 Å². The molecule has 4 saturated heterocycles. The van der Waals surface area contributed by atoms with Gasteiger partial charge in [0.2, 0.25) is 0 Å². The minimum absolute atomic E-state index is 0.0690. The number of piperidine rings is 2. The SMILES string of the molecule is O=C(c1ccc(F)c(F)c1Nc1ccc(I)cc1F)N1CC(O)([C@@H]2CCCCN2)C1.O=C(c1ccc(F)c(F)c1Nc1ccc(I)cc1F)N1CC(O)([C@@H]2CCCCN2)C1. The Morgan fingerprint density at radius 2 is 0.967 bits per heavy atom. The Morgan fingerprint density at radius 1 is 0.583 bits per heavy atom. The number of rotatable bonds is 8. The molecule has 4 aliphatic rings. The molecule has 10 nitrogen and oxygen atoms in total. The summed E-state index contributed by atoms with van der Waals surface area (Å²) in [5, 5.41) is 33.2. The van der Waals surface area contributed by atoms with Crippen molar-refractivity contribution in [3.63, 3.8) is 0 Å². The molecule has 0 radical (unpaired) electrons. The number of anilines is 4. The zero-order valence-electron chi connectivity index (χ0n) is 32.0. The van der Waals surface area contributed by atoms with E-state index in [9.17, 15) is 46.1 Å². The van der Waals surface area contributed by atoms with Crippen LogP contribution in [-0.2, 0) is 0 Å². The summed E-state index contributed by atoms with van der Waals surface area (Å²) < 4.78 is 86.6. The average molecular weight is 1060 g/mol. The normalized spacial score (nSPS) is 20.6. The van der Waals surface area contributed by atoms with Gasteiger partial charge in [-0.2, -0.15) is 0 Å². The summed E-state index contributed by atoms with van der Waals surface area (Å²) in [5.41, 5.74) is -3.30. The van der Waals surface area contributed by atoms with Crippen LogP contribution < -0.4 is 21.3 Å². The molecular weight excluding hydrogens is 1020 g/mol.